The highest BCUT2D eigenvalue weighted by Crippen LogP contribution is 2.24. The lowest BCUT2D eigenvalue weighted by atomic mass is 10.0. The van der Waals surface area contributed by atoms with Crippen molar-refractivity contribution in [2.75, 3.05) is 11.9 Å². The number of hydrogen-bond acceptors (Lipinski definition) is 4. The number of aliphatic carboxylic acids is 1. The van der Waals surface area contributed by atoms with E-state index in [9.17, 15) is 9.18 Å². The summed E-state index contributed by atoms with van der Waals surface area (Å²) >= 11 is 0. The summed E-state index contributed by atoms with van der Waals surface area (Å²) in [4.78, 5) is 15.1. The number of benzene rings is 1. The number of hydrogen-bond donors (Lipinski definition) is 2. The molecule has 0 fully saturated rings. The highest BCUT2D eigenvalue weighted by molar-refractivity contribution is 6.36. The molecule has 0 aliphatic carbocycles. The minimum absolute atomic E-state index is 0.0287. The Morgan fingerprint density at radius 3 is 2.91 bits per heavy atom. The average molecular weight is 312 g/mol. The quantitative estimate of drug-likeness (QED) is 0.677. The maximum Gasteiger partial charge on any atom is 0.305 e. The Hall–Kier alpha value is -2.90. The van der Waals surface area contributed by atoms with E-state index >= 15 is 0 Å². The molecule has 3 rings (SSSR count). The van der Waals surface area contributed by atoms with Crippen LogP contribution in [0.15, 0.2) is 36.5 Å². The molecule has 0 saturated carbocycles. The number of nitrogens with zero attached hydrogens (tertiary/aromatic N) is 3. The molecule has 23 heavy (non-hydrogen) atoms. The maximum absolute atomic E-state index is 14.0. The molecule has 0 spiro atoms. The molecule has 2 N–H and O–H groups in total. The first-order valence-corrected chi connectivity index (χ1v) is 7.12. The molecule has 0 aliphatic rings. The Labute approximate surface area is 132 Å². The van der Waals surface area contributed by atoms with Crippen molar-refractivity contribution in [3.05, 3.63) is 42.3 Å². The molecule has 2 heterocycles. The standard InChI is InChI=1S/C15H14BFN4O2/c16-10-8-19-21-13(18-6-5-14(22)23)7-12(20-15(10)21)9-3-1-2-4-11(9)17/h1-4,7-8,18H,5-6,16H2,(H,22,23). The van der Waals surface area contributed by atoms with Gasteiger partial charge in [0.1, 0.15) is 19.5 Å². The summed E-state index contributed by atoms with van der Waals surface area (Å²) < 4.78 is 15.6. The van der Waals surface area contributed by atoms with Gasteiger partial charge in [0.25, 0.3) is 0 Å². The molecule has 0 bridgehead atoms. The number of aromatic nitrogens is 3. The number of carboxylic acids is 1. The van der Waals surface area contributed by atoms with Gasteiger partial charge in [-0.05, 0) is 17.6 Å². The molecular weight excluding hydrogens is 298 g/mol. The minimum atomic E-state index is -0.895. The van der Waals surface area contributed by atoms with Gasteiger partial charge in [0, 0.05) is 24.4 Å². The van der Waals surface area contributed by atoms with Crippen LogP contribution in [0, 0.1) is 5.82 Å². The van der Waals surface area contributed by atoms with Gasteiger partial charge in [-0.15, -0.1) is 0 Å². The van der Waals surface area contributed by atoms with Gasteiger partial charge >= 0.3 is 5.97 Å². The van der Waals surface area contributed by atoms with Crippen LogP contribution < -0.4 is 10.8 Å². The van der Waals surface area contributed by atoms with Crippen molar-refractivity contribution < 1.29 is 14.3 Å². The molecule has 8 heteroatoms. The summed E-state index contributed by atoms with van der Waals surface area (Å²) in [5.41, 5.74) is 2.31. The number of nitrogens with one attached hydrogen (secondary N) is 1. The lowest BCUT2D eigenvalue weighted by Gasteiger charge is -2.10. The van der Waals surface area contributed by atoms with Crippen LogP contribution in [0.5, 0.6) is 0 Å². The van der Waals surface area contributed by atoms with E-state index in [1.54, 1.807) is 35.0 Å². The Morgan fingerprint density at radius 2 is 2.17 bits per heavy atom. The van der Waals surface area contributed by atoms with Gasteiger partial charge in [0.05, 0.1) is 12.1 Å². The first kappa shape index (κ1) is 15.0. The molecule has 0 amide bonds. The van der Waals surface area contributed by atoms with Crippen molar-refractivity contribution in [2.24, 2.45) is 0 Å². The predicted octanol–water partition coefficient (Wildman–Crippen LogP) is 0.680. The van der Waals surface area contributed by atoms with E-state index in [0.29, 0.717) is 22.7 Å². The van der Waals surface area contributed by atoms with Crippen LogP contribution in [0.1, 0.15) is 6.42 Å². The van der Waals surface area contributed by atoms with Gasteiger partial charge in [-0.1, -0.05) is 12.1 Å². The van der Waals surface area contributed by atoms with Crippen LogP contribution in [0.4, 0.5) is 10.2 Å². The number of halogens is 1. The summed E-state index contributed by atoms with van der Waals surface area (Å²) in [6.07, 6.45) is 1.63. The van der Waals surface area contributed by atoms with Crippen molar-refractivity contribution in [3.63, 3.8) is 0 Å². The average Bonchev–Trinajstić information content (AvgIpc) is 2.89. The van der Waals surface area contributed by atoms with E-state index in [4.69, 9.17) is 5.11 Å². The highest BCUT2D eigenvalue weighted by atomic mass is 19.1. The molecule has 0 unspecified atom stereocenters. The van der Waals surface area contributed by atoms with Gasteiger partial charge in [0.15, 0.2) is 5.65 Å². The first-order valence-electron chi connectivity index (χ1n) is 7.12. The van der Waals surface area contributed by atoms with E-state index in [2.05, 4.69) is 15.4 Å². The Kier molecular flexibility index (Phi) is 3.97. The molecule has 6 nitrogen and oxygen atoms in total. The number of carboxylic acid groups (broad SMARTS) is 1. The van der Waals surface area contributed by atoms with E-state index in [-0.39, 0.29) is 18.8 Å². The smallest absolute Gasteiger partial charge is 0.305 e. The fourth-order valence-corrected chi connectivity index (χ4v) is 2.30. The van der Waals surface area contributed by atoms with Crippen molar-refractivity contribution in [1.29, 1.82) is 0 Å². The van der Waals surface area contributed by atoms with Crippen molar-refractivity contribution in [3.8, 4) is 11.3 Å². The fourth-order valence-electron chi connectivity index (χ4n) is 2.30. The van der Waals surface area contributed by atoms with Crippen LogP contribution in [-0.2, 0) is 4.79 Å². The Bertz CT molecular complexity index is 881. The van der Waals surface area contributed by atoms with Gasteiger partial charge in [-0.3, -0.25) is 4.79 Å². The zero-order chi connectivity index (χ0) is 16.4. The third-order valence-electron chi connectivity index (χ3n) is 3.44. The maximum atomic E-state index is 14.0. The van der Waals surface area contributed by atoms with Gasteiger partial charge in [-0.2, -0.15) is 9.61 Å². The van der Waals surface area contributed by atoms with E-state index < -0.39 is 5.97 Å². The van der Waals surface area contributed by atoms with Crippen LogP contribution in [0.25, 0.3) is 16.9 Å². The summed E-state index contributed by atoms with van der Waals surface area (Å²) in [6.45, 7) is 0.240. The summed E-state index contributed by atoms with van der Waals surface area (Å²) in [7, 11) is 1.86. The van der Waals surface area contributed by atoms with E-state index in [0.717, 1.165) is 5.46 Å². The Balaban J connectivity index is 2.07. The summed E-state index contributed by atoms with van der Waals surface area (Å²) in [5, 5.41) is 16.0. The third kappa shape index (κ3) is 3.01. The van der Waals surface area contributed by atoms with Crippen LogP contribution in [-0.4, -0.2) is 40.1 Å². The second kappa shape index (κ2) is 6.08. The fraction of sp³-hybridized carbons (Fsp3) is 0.133. The number of anilines is 1. The van der Waals surface area contributed by atoms with Gasteiger partial charge in [-0.25, -0.2) is 9.37 Å². The molecule has 0 aliphatic heterocycles. The van der Waals surface area contributed by atoms with Crippen molar-refractivity contribution >= 4 is 30.7 Å². The monoisotopic (exact) mass is 312 g/mol. The lowest BCUT2D eigenvalue weighted by molar-refractivity contribution is -0.136. The molecule has 116 valence electrons. The predicted molar refractivity (Wildman–Crippen MR) is 87.3 cm³/mol. The second-order valence-electron chi connectivity index (χ2n) is 5.14. The molecule has 2 aromatic heterocycles. The van der Waals surface area contributed by atoms with Gasteiger partial charge < -0.3 is 10.4 Å². The molecule has 3 aromatic rings. The van der Waals surface area contributed by atoms with E-state index in [1.807, 2.05) is 7.85 Å². The minimum Gasteiger partial charge on any atom is -0.481 e. The molecule has 0 radical (unpaired) electrons. The summed E-state index contributed by atoms with van der Waals surface area (Å²) in [5.74, 6) is -0.686. The molecule has 0 saturated heterocycles. The van der Waals surface area contributed by atoms with E-state index in [1.165, 1.54) is 6.07 Å². The van der Waals surface area contributed by atoms with Crippen LogP contribution in [0.2, 0.25) is 0 Å². The van der Waals surface area contributed by atoms with Crippen molar-refractivity contribution in [1.82, 2.24) is 14.6 Å². The van der Waals surface area contributed by atoms with Crippen LogP contribution in [0.3, 0.4) is 0 Å². The number of fused-ring (bicyclic) bond motifs is 1. The highest BCUT2D eigenvalue weighted by Gasteiger charge is 2.13. The molecular formula is C15H14BFN4O2. The topological polar surface area (TPSA) is 79.5 Å². The lowest BCUT2D eigenvalue weighted by Crippen LogP contribution is -2.12. The number of rotatable bonds is 5. The normalized spacial score (nSPS) is 10.8. The van der Waals surface area contributed by atoms with Crippen molar-refractivity contribution in [2.45, 2.75) is 6.42 Å². The molecule has 1 aromatic carbocycles. The zero-order valence-corrected chi connectivity index (χ0v) is 12.5. The number of carbonyl (C=O) groups is 1. The SMILES string of the molecule is Bc1cnn2c(NCCC(=O)O)cc(-c3ccccc3F)nc12. The largest absolute Gasteiger partial charge is 0.481 e. The third-order valence-corrected chi connectivity index (χ3v) is 3.44. The zero-order valence-electron chi connectivity index (χ0n) is 12.5. The second-order valence-corrected chi connectivity index (χ2v) is 5.14. The first-order chi connectivity index (χ1) is 11.1. The van der Waals surface area contributed by atoms with Crippen LogP contribution >= 0.6 is 0 Å². The summed E-state index contributed by atoms with van der Waals surface area (Å²) in [6, 6.07) is 8.06. The molecule has 0 atom stereocenters. The van der Waals surface area contributed by atoms with Gasteiger partial charge in [0.2, 0.25) is 0 Å². The Morgan fingerprint density at radius 1 is 1.39 bits per heavy atom.